The van der Waals surface area contributed by atoms with Gasteiger partial charge in [-0.25, -0.2) is 0 Å². The first-order chi connectivity index (χ1) is 11.8. The number of hydrogen-bond acceptors (Lipinski definition) is 2. The molecule has 3 heteroatoms. The summed E-state index contributed by atoms with van der Waals surface area (Å²) in [5.74, 6) is 0.782. The van der Waals surface area contributed by atoms with Crippen LogP contribution in [0.1, 0.15) is 56.4 Å². The molecule has 1 fully saturated rings. The fourth-order valence-electron chi connectivity index (χ4n) is 4.00. The summed E-state index contributed by atoms with van der Waals surface area (Å²) in [6.45, 7) is 2.29. The second-order valence-corrected chi connectivity index (χ2v) is 7.23. The van der Waals surface area contributed by atoms with E-state index in [1.165, 1.54) is 57.1 Å². The SMILES string of the molecule is CN(CCCCCn1cccn1)C1CCC(c2ccccc2)CC1. The van der Waals surface area contributed by atoms with Gasteiger partial charge in [0.25, 0.3) is 0 Å². The molecule has 0 amide bonds. The van der Waals surface area contributed by atoms with Crippen LogP contribution in [0.4, 0.5) is 0 Å². The smallest absolute Gasteiger partial charge is 0.0489 e. The van der Waals surface area contributed by atoms with Gasteiger partial charge in [-0.05, 0) is 69.7 Å². The minimum atomic E-state index is 0.782. The van der Waals surface area contributed by atoms with E-state index in [9.17, 15) is 0 Å². The van der Waals surface area contributed by atoms with Gasteiger partial charge in [0.15, 0.2) is 0 Å². The minimum Gasteiger partial charge on any atom is -0.303 e. The lowest BCUT2D eigenvalue weighted by Gasteiger charge is -2.35. The Morgan fingerprint density at radius 2 is 1.79 bits per heavy atom. The standard InChI is InChI=1S/C21H31N3/c1-23(16-6-3-7-17-24-18-8-15-22-24)21-13-11-20(12-14-21)19-9-4-2-5-10-19/h2,4-5,8-10,15,18,20-21H,3,6-7,11-14,16-17H2,1H3. The number of unbranched alkanes of at least 4 members (excludes halogenated alkanes) is 2. The maximum Gasteiger partial charge on any atom is 0.0489 e. The molecular formula is C21H31N3. The van der Waals surface area contributed by atoms with E-state index < -0.39 is 0 Å². The Balaban J connectivity index is 1.31. The zero-order valence-corrected chi connectivity index (χ0v) is 15.0. The highest BCUT2D eigenvalue weighted by Crippen LogP contribution is 2.34. The fraction of sp³-hybridized carbons (Fsp3) is 0.571. The molecule has 3 nitrogen and oxygen atoms in total. The molecule has 0 spiro atoms. The van der Waals surface area contributed by atoms with Crippen LogP contribution < -0.4 is 0 Å². The van der Waals surface area contributed by atoms with Crippen molar-refractivity contribution in [2.24, 2.45) is 0 Å². The molecule has 1 heterocycles. The highest BCUT2D eigenvalue weighted by atomic mass is 15.3. The van der Waals surface area contributed by atoms with Crippen LogP contribution in [0.15, 0.2) is 48.8 Å². The van der Waals surface area contributed by atoms with Crippen molar-refractivity contribution in [3.8, 4) is 0 Å². The molecule has 0 bridgehead atoms. The molecule has 0 atom stereocenters. The Morgan fingerprint density at radius 1 is 1.00 bits per heavy atom. The third-order valence-electron chi connectivity index (χ3n) is 5.55. The van der Waals surface area contributed by atoms with Crippen molar-refractivity contribution in [1.29, 1.82) is 0 Å². The van der Waals surface area contributed by atoms with Crippen molar-refractivity contribution in [3.05, 3.63) is 54.4 Å². The third kappa shape index (κ3) is 4.94. The monoisotopic (exact) mass is 325 g/mol. The second kappa shape index (κ2) is 9.03. The Morgan fingerprint density at radius 3 is 2.50 bits per heavy atom. The molecule has 1 aliphatic carbocycles. The largest absolute Gasteiger partial charge is 0.303 e. The Bertz CT molecular complexity index is 556. The highest BCUT2D eigenvalue weighted by Gasteiger charge is 2.24. The summed E-state index contributed by atoms with van der Waals surface area (Å²) in [5, 5.41) is 4.26. The zero-order valence-electron chi connectivity index (χ0n) is 15.0. The maximum atomic E-state index is 4.26. The van der Waals surface area contributed by atoms with Crippen molar-refractivity contribution in [3.63, 3.8) is 0 Å². The second-order valence-electron chi connectivity index (χ2n) is 7.23. The molecule has 1 saturated carbocycles. The van der Waals surface area contributed by atoms with E-state index in [-0.39, 0.29) is 0 Å². The van der Waals surface area contributed by atoms with E-state index in [1.54, 1.807) is 0 Å². The summed E-state index contributed by atoms with van der Waals surface area (Å²) >= 11 is 0. The third-order valence-corrected chi connectivity index (χ3v) is 5.55. The van der Waals surface area contributed by atoms with Gasteiger partial charge in [0.1, 0.15) is 0 Å². The first kappa shape index (κ1) is 17.2. The van der Waals surface area contributed by atoms with Gasteiger partial charge >= 0.3 is 0 Å². The number of hydrogen-bond donors (Lipinski definition) is 0. The predicted octanol–water partition coefficient (Wildman–Crippen LogP) is 4.71. The van der Waals surface area contributed by atoms with E-state index in [2.05, 4.69) is 53.6 Å². The van der Waals surface area contributed by atoms with E-state index in [0.29, 0.717) is 0 Å². The topological polar surface area (TPSA) is 21.1 Å². The number of rotatable bonds is 8. The molecule has 0 unspecified atom stereocenters. The van der Waals surface area contributed by atoms with Crippen molar-refractivity contribution in [1.82, 2.24) is 14.7 Å². The van der Waals surface area contributed by atoms with Crippen LogP contribution in [-0.4, -0.2) is 34.3 Å². The van der Waals surface area contributed by atoms with E-state index in [4.69, 9.17) is 0 Å². The molecule has 3 rings (SSSR count). The van der Waals surface area contributed by atoms with Gasteiger partial charge in [-0.15, -0.1) is 0 Å². The van der Waals surface area contributed by atoms with Gasteiger partial charge in [-0.1, -0.05) is 36.8 Å². The van der Waals surface area contributed by atoms with Crippen LogP contribution in [0.25, 0.3) is 0 Å². The van der Waals surface area contributed by atoms with Crippen LogP contribution in [0.3, 0.4) is 0 Å². The molecule has 1 aliphatic rings. The maximum absolute atomic E-state index is 4.26. The molecule has 0 N–H and O–H groups in total. The van der Waals surface area contributed by atoms with E-state index in [0.717, 1.165) is 18.5 Å². The van der Waals surface area contributed by atoms with Crippen molar-refractivity contribution in [2.75, 3.05) is 13.6 Å². The summed E-state index contributed by atoms with van der Waals surface area (Å²) in [5.41, 5.74) is 1.54. The van der Waals surface area contributed by atoms with Crippen LogP contribution in [-0.2, 0) is 6.54 Å². The Kier molecular flexibility index (Phi) is 6.48. The molecule has 130 valence electrons. The van der Waals surface area contributed by atoms with Gasteiger partial charge in [0.05, 0.1) is 0 Å². The van der Waals surface area contributed by atoms with Gasteiger partial charge in [-0.3, -0.25) is 4.68 Å². The minimum absolute atomic E-state index is 0.782. The van der Waals surface area contributed by atoms with Gasteiger partial charge in [-0.2, -0.15) is 5.10 Å². The zero-order chi connectivity index (χ0) is 16.6. The van der Waals surface area contributed by atoms with Crippen LogP contribution in [0.2, 0.25) is 0 Å². The molecule has 1 aromatic carbocycles. The molecule has 1 aromatic heterocycles. The Labute approximate surface area is 146 Å². The van der Waals surface area contributed by atoms with Crippen molar-refractivity contribution in [2.45, 2.75) is 63.5 Å². The number of aryl methyl sites for hydroxylation is 1. The Hall–Kier alpha value is -1.61. The molecule has 0 saturated heterocycles. The first-order valence-corrected chi connectivity index (χ1v) is 9.55. The number of aromatic nitrogens is 2. The number of benzene rings is 1. The lowest BCUT2D eigenvalue weighted by molar-refractivity contribution is 0.179. The lowest BCUT2D eigenvalue weighted by Crippen LogP contribution is -2.35. The van der Waals surface area contributed by atoms with Crippen LogP contribution in [0, 0.1) is 0 Å². The molecular weight excluding hydrogens is 294 g/mol. The first-order valence-electron chi connectivity index (χ1n) is 9.55. The normalized spacial score (nSPS) is 21.2. The van der Waals surface area contributed by atoms with E-state index in [1.807, 2.05) is 16.9 Å². The summed E-state index contributed by atoms with van der Waals surface area (Å²) in [6.07, 6.45) is 13.1. The predicted molar refractivity (Wildman–Crippen MR) is 100 cm³/mol. The fourth-order valence-corrected chi connectivity index (χ4v) is 4.00. The van der Waals surface area contributed by atoms with Crippen LogP contribution in [0.5, 0.6) is 0 Å². The quantitative estimate of drug-likeness (QED) is 0.655. The average Bonchev–Trinajstić information content (AvgIpc) is 3.16. The van der Waals surface area contributed by atoms with Crippen molar-refractivity contribution >= 4 is 0 Å². The summed E-state index contributed by atoms with van der Waals surface area (Å²) < 4.78 is 2.04. The molecule has 0 radical (unpaired) electrons. The average molecular weight is 326 g/mol. The summed E-state index contributed by atoms with van der Waals surface area (Å²) in [4.78, 5) is 2.61. The summed E-state index contributed by atoms with van der Waals surface area (Å²) in [7, 11) is 2.32. The van der Waals surface area contributed by atoms with Crippen LogP contribution >= 0.6 is 0 Å². The van der Waals surface area contributed by atoms with Gasteiger partial charge in [0.2, 0.25) is 0 Å². The number of nitrogens with zero attached hydrogens (tertiary/aromatic N) is 3. The van der Waals surface area contributed by atoms with Gasteiger partial charge in [0, 0.05) is 25.0 Å². The highest BCUT2D eigenvalue weighted by molar-refractivity contribution is 5.20. The van der Waals surface area contributed by atoms with E-state index >= 15 is 0 Å². The van der Waals surface area contributed by atoms with Crippen molar-refractivity contribution < 1.29 is 0 Å². The molecule has 24 heavy (non-hydrogen) atoms. The summed E-state index contributed by atoms with van der Waals surface area (Å²) in [6, 6.07) is 13.9. The van der Waals surface area contributed by atoms with Gasteiger partial charge < -0.3 is 4.90 Å². The molecule has 0 aliphatic heterocycles. The molecule has 2 aromatic rings. The lowest BCUT2D eigenvalue weighted by atomic mass is 9.81.